The van der Waals surface area contributed by atoms with Gasteiger partial charge in [-0.3, -0.25) is 14.9 Å². The first-order valence-electron chi connectivity index (χ1n) is 13.2. The second-order valence-electron chi connectivity index (χ2n) is 9.36. The maximum absolute atomic E-state index is 13.5. The van der Waals surface area contributed by atoms with Crippen molar-refractivity contribution in [2.24, 2.45) is 5.10 Å². The maximum Gasteiger partial charge on any atom is 0.293 e. The number of hydrazone groups is 1. The zero-order valence-corrected chi connectivity index (χ0v) is 23.6. The number of para-hydroxylation sites is 2. The average molecular weight is 595 g/mol. The predicted octanol–water partition coefficient (Wildman–Crippen LogP) is 5.67. The third kappa shape index (κ3) is 6.85. The molecular formula is C32H26N4O6S. The lowest BCUT2D eigenvalue weighted by Gasteiger charge is -2.23. The molecule has 5 aromatic rings. The van der Waals surface area contributed by atoms with Gasteiger partial charge in [0.05, 0.1) is 16.0 Å². The minimum Gasteiger partial charge on any atom is -0.489 e. The Hall–Kier alpha value is -5.55. The molecule has 0 aromatic heterocycles. The number of amides is 1. The Morgan fingerprint density at radius 3 is 2.30 bits per heavy atom. The number of sulfonamides is 1. The van der Waals surface area contributed by atoms with Gasteiger partial charge in [0, 0.05) is 6.07 Å². The fraction of sp³-hybridized carbons (Fsp3) is 0.0625. The van der Waals surface area contributed by atoms with Gasteiger partial charge in [0.25, 0.3) is 21.6 Å². The van der Waals surface area contributed by atoms with E-state index in [0.29, 0.717) is 22.2 Å². The first-order valence-corrected chi connectivity index (χ1v) is 14.6. The second-order valence-corrected chi connectivity index (χ2v) is 11.2. The Morgan fingerprint density at radius 2 is 1.53 bits per heavy atom. The monoisotopic (exact) mass is 594 g/mol. The molecular weight excluding hydrogens is 568 g/mol. The van der Waals surface area contributed by atoms with E-state index in [9.17, 15) is 23.3 Å². The summed E-state index contributed by atoms with van der Waals surface area (Å²) >= 11 is 0. The van der Waals surface area contributed by atoms with Crippen LogP contribution in [0.15, 0.2) is 131 Å². The van der Waals surface area contributed by atoms with Gasteiger partial charge in [0.1, 0.15) is 24.6 Å². The normalized spacial score (nSPS) is 11.3. The van der Waals surface area contributed by atoms with Crippen molar-refractivity contribution in [3.8, 4) is 5.75 Å². The van der Waals surface area contributed by atoms with Crippen LogP contribution >= 0.6 is 0 Å². The fourth-order valence-corrected chi connectivity index (χ4v) is 5.88. The number of rotatable bonds is 11. The van der Waals surface area contributed by atoms with E-state index in [1.165, 1.54) is 54.7 Å². The van der Waals surface area contributed by atoms with Crippen molar-refractivity contribution in [3.05, 3.63) is 143 Å². The SMILES string of the molecule is O=C(CN(c1ccccc1[N+](=O)[O-])S(=O)(=O)c1ccccc1)N/N=C\c1ccc(OCc2cccc3ccccc23)cc1. The number of hydrogen-bond acceptors (Lipinski definition) is 7. The molecule has 216 valence electrons. The summed E-state index contributed by atoms with van der Waals surface area (Å²) in [7, 11) is -4.32. The molecule has 5 aromatic carbocycles. The van der Waals surface area contributed by atoms with Crippen molar-refractivity contribution in [3.63, 3.8) is 0 Å². The highest BCUT2D eigenvalue weighted by atomic mass is 32.2. The summed E-state index contributed by atoms with van der Waals surface area (Å²) in [5, 5.41) is 17.8. The lowest BCUT2D eigenvalue weighted by molar-refractivity contribution is -0.384. The smallest absolute Gasteiger partial charge is 0.293 e. The van der Waals surface area contributed by atoms with Gasteiger partial charge >= 0.3 is 0 Å². The zero-order valence-electron chi connectivity index (χ0n) is 22.7. The largest absolute Gasteiger partial charge is 0.489 e. The molecule has 0 atom stereocenters. The van der Waals surface area contributed by atoms with Gasteiger partial charge in [-0.1, -0.05) is 72.8 Å². The van der Waals surface area contributed by atoms with Crippen molar-refractivity contribution in [1.29, 1.82) is 0 Å². The van der Waals surface area contributed by atoms with Gasteiger partial charge in [-0.15, -0.1) is 0 Å². The standard InChI is InChI=1S/C32H26N4O6S/c37-32(22-35(30-15-6-7-16-31(30)36(38)39)43(40,41)28-12-2-1-3-13-28)34-33-21-24-17-19-27(20-18-24)42-23-26-11-8-10-25-9-4-5-14-29(25)26/h1-21H,22-23H2,(H,34,37)/b33-21-. The predicted molar refractivity (Wildman–Crippen MR) is 165 cm³/mol. The van der Waals surface area contributed by atoms with Gasteiger partial charge in [-0.2, -0.15) is 5.10 Å². The van der Waals surface area contributed by atoms with Gasteiger partial charge < -0.3 is 4.74 Å². The summed E-state index contributed by atoms with van der Waals surface area (Å²) in [5.41, 5.74) is 3.33. The molecule has 0 saturated heterocycles. The van der Waals surface area contributed by atoms with E-state index in [1.807, 2.05) is 24.3 Å². The van der Waals surface area contributed by atoms with Crippen LogP contribution < -0.4 is 14.5 Å². The number of nitro benzene ring substituents is 1. The number of benzene rings is 5. The number of fused-ring (bicyclic) bond motifs is 1. The van der Waals surface area contributed by atoms with Crippen LogP contribution in [-0.2, 0) is 21.4 Å². The van der Waals surface area contributed by atoms with Crippen molar-refractivity contribution < 1.29 is 22.9 Å². The Bertz CT molecular complexity index is 1890. The van der Waals surface area contributed by atoms with E-state index in [1.54, 1.807) is 30.3 Å². The number of carbonyl (C=O) groups excluding carboxylic acids is 1. The van der Waals surface area contributed by atoms with Gasteiger partial charge in [0.2, 0.25) is 0 Å². The molecule has 10 nitrogen and oxygen atoms in total. The molecule has 0 fully saturated rings. The van der Waals surface area contributed by atoms with E-state index in [4.69, 9.17) is 4.74 Å². The van der Waals surface area contributed by atoms with Crippen LogP contribution in [0.2, 0.25) is 0 Å². The van der Waals surface area contributed by atoms with Crippen LogP contribution in [0.5, 0.6) is 5.75 Å². The molecule has 0 spiro atoms. The Kier molecular flexibility index (Phi) is 8.73. The summed E-state index contributed by atoms with van der Waals surface area (Å²) in [6.45, 7) is -0.340. The number of anilines is 1. The van der Waals surface area contributed by atoms with Crippen molar-refractivity contribution >= 4 is 44.3 Å². The van der Waals surface area contributed by atoms with Gasteiger partial charge in [0.15, 0.2) is 0 Å². The van der Waals surface area contributed by atoms with Crippen molar-refractivity contribution in [2.45, 2.75) is 11.5 Å². The first-order chi connectivity index (χ1) is 20.8. The van der Waals surface area contributed by atoms with E-state index in [2.05, 4.69) is 28.7 Å². The molecule has 0 heterocycles. The van der Waals surface area contributed by atoms with Gasteiger partial charge in [-0.25, -0.2) is 18.1 Å². The highest BCUT2D eigenvalue weighted by Gasteiger charge is 2.31. The average Bonchev–Trinajstić information content (AvgIpc) is 3.03. The number of ether oxygens (including phenoxy) is 1. The number of nitrogens with zero attached hydrogens (tertiary/aromatic N) is 3. The van der Waals surface area contributed by atoms with Crippen LogP contribution in [0.25, 0.3) is 10.8 Å². The minimum absolute atomic E-state index is 0.118. The summed E-state index contributed by atoms with van der Waals surface area (Å²) in [6.07, 6.45) is 1.40. The third-order valence-electron chi connectivity index (χ3n) is 6.52. The van der Waals surface area contributed by atoms with Gasteiger partial charge in [-0.05, 0) is 64.4 Å². The number of hydrogen-bond donors (Lipinski definition) is 1. The zero-order chi connectivity index (χ0) is 30.2. The Balaban J connectivity index is 1.25. The van der Waals surface area contributed by atoms with Crippen LogP contribution in [0.4, 0.5) is 11.4 Å². The van der Waals surface area contributed by atoms with E-state index in [-0.39, 0.29) is 10.6 Å². The van der Waals surface area contributed by atoms with Crippen LogP contribution in [0.1, 0.15) is 11.1 Å². The number of nitro groups is 1. The Morgan fingerprint density at radius 1 is 0.860 bits per heavy atom. The fourth-order valence-electron chi connectivity index (χ4n) is 4.42. The molecule has 0 bridgehead atoms. The highest BCUT2D eigenvalue weighted by molar-refractivity contribution is 7.92. The van der Waals surface area contributed by atoms with E-state index < -0.39 is 33.1 Å². The number of carbonyl (C=O) groups is 1. The van der Waals surface area contributed by atoms with Crippen LogP contribution in [0.3, 0.4) is 0 Å². The molecule has 0 radical (unpaired) electrons. The van der Waals surface area contributed by atoms with Crippen molar-refractivity contribution in [2.75, 3.05) is 10.8 Å². The molecule has 1 N–H and O–H groups in total. The van der Waals surface area contributed by atoms with Crippen LogP contribution in [0, 0.1) is 10.1 Å². The molecule has 0 aliphatic carbocycles. The van der Waals surface area contributed by atoms with E-state index in [0.717, 1.165) is 16.3 Å². The topological polar surface area (TPSA) is 131 Å². The molecule has 1 amide bonds. The maximum atomic E-state index is 13.5. The third-order valence-corrected chi connectivity index (χ3v) is 8.30. The molecule has 11 heteroatoms. The van der Waals surface area contributed by atoms with Crippen molar-refractivity contribution in [1.82, 2.24) is 5.43 Å². The molecule has 5 rings (SSSR count). The molecule has 0 aliphatic rings. The molecule has 0 aliphatic heterocycles. The lowest BCUT2D eigenvalue weighted by Crippen LogP contribution is -2.39. The minimum atomic E-state index is -4.32. The number of nitrogens with one attached hydrogen (secondary N) is 1. The molecule has 0 unspecified atom stereocenters. The quantitative estimate of drug-likeness (QED) is 0.119. The first kappa shape index (κ1) is 29.0. The van der Waals surface area contributed by atoms with Crippen LogP contribution in [-0.4, -0.2) is 32.0 Å². The summed E-state index contributed by atoms with van der Waals surface area (Å²) in [5.74, 6) is -0.135. The summed E-state index contributed by atoms with van der Waals surface area (Å²) in [6, 6.07) is 33.9. The lowest BCUT2D eigenvalue weighted by atomic mass is 10.1. The second kappa shape index (κ2) is 13.0. The summed E-state index contributed by atoms with van der Waals surface area (Å²) in [4.78, 5) is 23.6. The Labute approximate surface area is 248 Å². The summed E-state index contributed by atoms with van der Waals surface area (Å²) < 4.78 is 33.6. The molecule has 43 heavy (non-hydrogen) atoms. The highest BCUT2D eigenvalue weighted by Crippen LogP contribution is 2.32. The molecule has 0 saturated carbocycles. The van der Waals surface area contributed by atoms with E-state index >= 15 is 0 Å².